The van der Waals surface area contributed by atoms with Gasteiger partial charge < -0.3 is 11.1 Å². The monoisotopic (exact) mass is 336 g/mol. The van der Waals surface area contributed by atoms with Crippen molar-refractivity contribution in [3.63, 3.8) is 0 Å². The molecule has 0 aliphatic carbocycles. The van der Waals surface area contributed by atoms with Gasteiger partial charge in [0.25, 0.3) is 5.91 Å². The molecule has 0 saturated carbocycles. The third kappa shape index (κ3) is 4.78. The fourth-order valence-corrected chi connectivity index (χ4v) is 2.20. The summed E-state index contributed by atoms with van der Waals surface area (Å²) in [7, 11) is 0. The highest BCUT2D eigenvalue weighted by Gasteiger charge is 2.12. The van der Waals surface area contributed by atoms with Crippen molar-refractivity contribution in [3.05, 3.63) is 58.9 Å². The minimum atomic E-state index is -0.513. The quantitative estimate of drug-likeness (QED) is 0.819. The van der Waals surface area contributed by atoms with E-state index in [9.17, 15) is 9.18 Å². The van der Waals surface area contributed by atoms with Crippen molar-refractivity contribution in [3.8, 4) is 11.1 Å². The summed E-state index contributed by atoms with van der Waals surface area (Å²) in [6.45, 7) is 5.01. The largest absolute Gasteiger partial charge is 0.352 e. The van der Waals surface area contributed by atoms with Crippen LogP contribution in [0.2, 0.25) is 0 Å². The highest BCUT2D eigenvalue weighted by molar-refractivity contribution is 5.95. The van der Waals surface area contributed by atoms with E-state index < -0.39 is 11.7 Å². The Hall–Kier alpha value is -1.91. The van der Waals surface area contributed by atoms with Crippen molar-refractivity contribution in [1.82, 2.24) is 5.32 Å². The van der Waals surface area contributed by atoms with Gasteiger partial charge in [-0.05, 0) is 61.2 Å². The molecule has 0 aliphatic heterocycles. The predicted octanol–water partition coefficient (Wildman–Crippen LogP) is 3.61. The minimum Gasteiger partial charge on any atom is -0.352 e. The molecule has 23 heavy (non-hydrogen) atoms. The molecular formula is C18H22ClFN2O. The van der Waals surface area contributed by atoms with E-state index in [2.05, 4.69) is 5.32 Å². The number of halogens is 2. The Balaban J connectivity index is 0.00000264. The number of benzene rings is 2. The van der Waals surface area contributed by atoms with Crippen LogP contribution in [0.1, 0.15) is 27.9 Å². The Labute approximate surface area is 142 Å². The molecule has 0 saturated heterocycles. The second-order valence-corrected chi connectivity index (χ2v) is 5.39. The molecule has 1 amide bonds. The van der Waals surface area contributed by atoms with Gasteiger partial charge in [0, 0.05) is 6.54 Å². The molecular weight excluding hydrogens is 315 g/mol. The molecule has 0 fully saturated rings. The first-order valence-electron chi connectivity index (χ1n) is 7.38. The molecule has 0 aliphatic rings. The molecule has 0 spiro atoms. The Morgan fingerprint density at radius 3 is 2.35 bits per heavy atom. The Kier molecular flexibility index (Phi) is 7.20. The van der Waals surface area contributed by atoms with E-state index in [-0.39, 0.29) is 18.0 Å². The molecule has 2 rings (SSSR count). The van der Waals surface area contributed by atoms with Gasteiger partial charge in [-0.3, -0.25) is 4.79 Å². The molecule has 0 aromatic heterocycles. The van der Waals surface area contributed by atoms with Crippen molar-refractivity contribution in [2.75, 3.05) is 13.1 Å². The van der Waals surface area contributed by atoms with Gasteiger partial charge in [-0.2, -0.15) is 0 Å². The van der Waals surface area contributed by atoms with Crippen LogP contribution in [0, 0.1) is 19.7 Å². The fourth-order valence-electron chi connectivity index (χ4n) is 2.20. The molecule has 0 radical (unpaired) electrons. The van der Waals surface area contributed by atoms with E-state index in [1.165, 1.54) is 17.7 Å². The summed E-state index contributed by atoms with van der Waals surface area (Å²) in [6, 6.07) is 10.7. The van der Waals surface area contributed by atoms with Crippen molar-refractivity contribution >= 4 is 18.3 Å². The van der Waals surface area contributed by atoms with E-state index in [1.807, 2.05) is 32.0 Å². The van der Waals surface area contributed by atoms with E-state index >= 15 is 0 Å². The normalized spacial score (nSPS) is 10.1. The van der Waals surface area contributed by atoms with E-state index in [0.29, 0.717) is 19.5 Å². The first-order valence-corrected chi connectivity index (χ1v) is 7.38. The van der Waals surface area contributed by atoms with Crippen LogP contribution < -0.4 is 11.1 Å². The summed E-state index contributed by atoms with van der Waals surface area (Å²) in [5.41, 5.74) is 9.48. The van der Waals surface area contributed by atoms with Gasteiger partial charge in [-0.1, -0.05) is 24.3 Å². The first-order chi connectivity index (χ1) is 10.5. The molecule has 0 bridgehead atoms. The zero-order valence-corrected chi connectivity index (χ0v) is 14.2. The van der Waals surface area contributed by atoms with Crippen molar-refractivity contribution in [1.29, 1.82) is 0 Å². The van der Waals surface area contributed by atoms with Crippen molar-refractivity contribution in [2.24, 2.45) is 5.73 Å². The van der Waals surface area contributed by atoms with Crippen LogP contribution in [0.3, 0.4) is 0 Å². The summed E-state index contributed by atoms with van der Waals surface area (Å²) >= 11 is 0. The Morgan fingerprint density at radius 1 is 1.09 bits per heavy atom. The lowest BCUT2D eigenvalue weighted by Crippen LogP contribution is -2.26. The maximum Gasteiger partial charge on any atom is 0.254 e. The van der Waals surface area contributed by atoms with Crippen LogP contribution in [-0.4, -0.2) is 19.0 Å². The molecule has 3 nitrogen and oxygen atoms in total. The number of amides is 1. The number of carbonyl (C=O) groups excluding carboxylic acids is 1. The summed E-state index contributed by atoms with van der Waals surface area (Å²) < 4.78 is 14.2. The summed E-state index contributed by atoms with van der Waals surface area (Å²) in [5, 5.41) is 2.66. The lowest BCUT2D eigenvalue weighted by molar-refractivity contribution is 0.0949. The zero-order valence-electron chi connectivity index (χ0n) is 13.4. The highest BCUT2D eigenvalue weighted by atomic mass is 35.5. The predicted molar refractivity (Wildman–Crippen MR) is 94.6 cm³/mol. The number of hydrogen-bond acceptors (Lipinski definition) is 2. The van der Waals surface area contributed by atoms with Gasteiger partial charge in [0.05, 0.1) is 5.56 Å². The maximum atomic E-state index is 14.2. The minimum absolute atomic E-state index is 0. The Bertz CT molecular complexity index is 689. The third-order valence-electron chi connectivity index (χ3n) is 3.72. The highest BCUT2D eigenvalue weighted by Crippen LogP contribution is 2.24. The van der Waals surface area contributed by atoms with Crippen LogP contribution in [0.25, 0.3) is 11.1 Å². The third-order valence-corrected chi connectivity index (χ3v) is 3.72. The van der Waals surface area contributed by atoms with Crippen LogP contribution in [0.4, 0.5) is 4.39 Å². The van der Waals surface area contributed by atoms with Crippen LogP contribution in [0.5, 0.6) is 0 Å². The SMILES string of the molecule is Cc1ccc(-c2ccc(C(=O)NCCCN)c(F)c2)cc1C.Cl. The van der Waals surface area contributed by atoms with Gasteiger partial charge in [0.2, 0.25) is 0 Å². The second-order valence-electron chi connectivity index (χ2n) is 5.39. The van der Waals surface area contributed by atoms with E-state index in [1.54, 1.807) is 6.07 Å². The van der Waals surface area contributed by atoms with Crippen molar-refractivity contribution in [2.45, 2.75) is 20.3 Å². The van der Waals surface area contributed by atoms with Gasteiger partial charge in [0.1, 0.15) is 5.82 Å². The summed E-state index contributed by atoms with van der Waals surface area (Å²) in [4.78, 5) is 11.9. The molecule has 124 valence electrons. The fraction of sp³-hybridized carbons (Fsp3) is 0.278. The number of rotatable bonds is 5. The van der Waals surface area contributed by atoms with Gasteiger partial charge in [-0.25, -0.2) is 4.39 Å². The number of nitrogens with one attached hydrogen (secondary N) is 1. The van der Waals surface area contributed by atoms with Gasteiger partial charge >= 0.3 is 0 Å². The number of carbonyl (C=O) groups is 1. The van der Waals surface area contributed by atoms with Crippen molar-refractivity contribution < 1.29 is 9.18 Å². The maximum absolute atomic E-state index is 14.2. The summed E-state index contributed by atoms with van der Waals surface area (Å²) in [6.07, 6.45) is 0.675. The molecule has 3 N–H and O–H groups in total. The topological polar surface area (TPSA) is 55.1 Å². The number of hydrogen-bond donors (Lipinski definition) is 2. The zero-order chi connectivity index (χ0) is 16.1. The van der Waals surface area contributed by atoms with Crippen LogP contribution in [-0.2, 0) is 0 Å². The standard InChI is InChI=1S/C18H21FN2O.ClH/c1-12-4-5-14(10-13(12)2)15-6-7-16(17(19)11-15)18(22)21-9-3-8-20;/h4-7,10-11H,3,8-9,20H2,1-2H3,(H,21,22);1H. The van der Waals surface area contributed by atoms with E-state index in [4.69, 9.17) is 5.73 Å². The summed E-state index contributed by atoms with van der Waals surface area (Å²) in [5.74, 6) is -0.918. The number of aryl methyl sites for hydroxylation is 2. The van der Waals surface area contributed by atoms with E-state index in [0.717, 1.165) is 16.7 Å². The molecule has 0 unspecified atom stereocenters. The molecule has 0 atom stereocenters. The van der Waals surface area contributed by atoms with Crippen LogP contribution in [0.15, 0.2) is 36.4 Å². The average Bonchev–Trinajstić information content (AvgIpc) is 2.50. The Morgan fingerprint density at radius 2 is 1.74 bits per heavy atom. The molecule has 2 aromatic rings. The smallest absolute Gasteiger partial charge is 0.254 e. The first kappa shape index (κ1) is 19.1. The molecule has 0 heterocycles. The lowest BCUT2D eigenvalue weighted by atomic mass is 9.99. The number of nitrogens with two attached hydrogens (primary N) is 1. The second kappa shape index (κ2) is 8.65. The average molecular weight is 337 g/mol. The van der Waals surface area contributed by atoms with Crippen LogP contribution >= 0.6 is 12.4 Å². The van der Waals surface area contributed by atoms with Gasteiger partial charge in [0.15, 0.2) is 0 Å². The lowest BCUT2D eigenvalue weighted by Gasteiger charge is -2.09. The molecule has 5 heteroatoms. The van der Waals surface area contributed by atoms with Gasteiger partial charge in [-0.15, -0.1) is 12.4 Å². The molecule has 2 aromatic carbocycles.